The molecule has 0 unspecified atom stereocenters. The maximum Gasteiger partial charge on any atom is 0.355 e. The molecule has 0 atom stereocenters. The Bertz CT molecular complexity index is 1120. The molecule has 5 nitrogen and oxygen atoms in total. The first-order valence-corrected chi connectivity index (χ1v) is 8.03. The van der Waals surface area contributed by atoms with E-state index in [1.165, 1.54) is 11.4 Å². The molecule has 0 fully saturated rings. The van der Waals surface area contributed by atoms with Crippen molar-refractivity contribution in [3.8, 4) is 16.3 Å². The molecule has 0 amide bonds. The zero-order valence-corrected chi connectivity index (χ0v) is 13.3. The highest BCUT2D eigenvalue weighted by atomic mass is 32.1. The summed E-state index contributed by atoms with van der Waals surface area (Å²) in [6.07, 6.45) is 3.29. The summed E-state index contributed by atoms with van der Waals surface area (Å²) in [4.78, 5) is 19.4. The van der Waals surface area contributed by atoms with Gasteiger partial charge >= 0.3 is 5.97 Å². The number of hydrogen-bond donors (Lipinski definition) is 1. The largest absolute Gasteiger partial charge is 0.476 e. The van der Waals surface area contributed by atoms with E-state index in [0.717, 1.165) is 28.9 Å². The maximum atomic E-state index is 13.6. The van der Waals surface area contributed by atoms with Gasteiger partial charge in [-0.15, -0.1) is 11.3 Å². The normalized spacial score (nSPS) is 11.1. The maximum absolute atomic E-state index is 13.6. The number of rotatable bonds is 3. The van der Waals surface area contributed by atoms with E-state index in [1.54, 1.807) is 29.1 Å². The highest BCUT2D eigenvalue weighted by molar-refractivity contribution is 7.12. The van der Waals surface area contributed by atoms with E-state index in [2.05, 4.69) is 9.97 Å². The summed E-state index contributed by atoms with van der Waals surface area (Å²) in [7, 11) is 0. The molecule has 124 valence electrons. The lowest BCUT2D eigenvalue weighted by Crippen LogP contribution is -1.98. The van der Waals surface area contributed by atoms with Crippen LogP contribution in [0.1, 0.15) is 10.5 Å². The van der Waals surface area contributed by atoms with Crippen molar-refractivity contribution in [2.45, 2.75) is 0 Å². The minimum absolute atomic E-state index is 0.0628. The van der Waals surface area contributed by atoms with Gasteiger partial charge in [-0.2, -0.15) is 0 Å². The Balaban J connectivity index is 1.94. The molecule has 1 N–H and O–H groups in total. The number of carboxylic acids is 1. The predicted molar refractivity (Wildman–Crippen MR) is 89.1 cm³/mol. The van der Waals surface area contributed by atoms with E-state index < -0.39 is 17.6 Å². The van der Waals surface area contributed by atoms with E-state index in [-0.39, 0.29) is 5.69 Å². The number of aromatic carboxylic acids is 1. The van der Waals surface area contributed by atoms with Crippen LogP contribution in [0.25, 0.3) is 27.3 Å². The van der Waals surface area contributed by atoms with E-state index in [4.69, 9.17) is 5.11 Å². The van der Waals surface area contributed by atoms with Gasteiger partial charge in [0.05, 0.1) is 0 Å². The molecule has 3 aromatic heterocycles. The van der Waals surface area contributed by atoms with Crippen LogP contribution in [0.3, 0.4) is 0 Å². The molecular weight excluding hydrogens is 348 g/mol. The van der Waals surface area contributed by atoms with Gasteiger partial charge in [0.25, 0.3) is 0 Å². The zero-order chi connectivity index (χ0) is 17.6. The standard InChI is InChI=1S/C17H9F2N3O2S/c18-12-4-3-9(6-13(12)19)11-7-22(15-10(11)2-1-5-20-15)17-21-14(8-25-17)16(23)24/h1-8H,(H,23,24). The Hall–Kier alpha value is -3.13. The van der Waals surface area contributed by atoms with Gasteiger partial charge in [-0.1, -0.05) is 6.07 Å². The van der Waals surface area contributed by atoms with Gasteiger partial charge in [0.2, 0.25) is 0 Å². The minimum Gasteiger partial charge on any atom is -0.476 e. The number of pyridine rings is 1. The molecular formula is C17H9F2N3O2S. The second-order valence-electron chi connectivity index (χ2n) is 5.24. The molecule has 0 aliphatic rings. The van der Waals surface area contributed by atoms with Gasteiger partial charge in [-0.05, 0) is 29.8 Å². The Kier molecular flexibility index (Phi) is 3.54. The Morgan fingerprint density at radius 1 is 1.20 bits per heavy atom. The Morgan fingerprint density at radius 3 is 2.76 bits per heavy atom. The Labute approximate surface area is 143 Å². The zero-order valence-electron chi connectivity index (χ0n) is 12.5. The molecule has 4 aromatic rings. The lowest BCUT2D eigenvalue weighted by molar-refractivity contribution is 0.0691. The van der Waals surface area contributed by atoms with Crippen molar-refractivity contribution < 1.29 is 18.7 Å². The van der Waals surface area contributed by atoms with Gasteiger partial charge in [0.1, 0.15) is 5.65 Å². The third-order valence-electron chi connectivity index (χ3n) is 3.71. The van der Waals surface area contributed by atoms with Crippen LogP contribution < -0.4 is 0 Å². The molecule has 4 rings (SSSR count). The molecule has 25 heavy (non-hydrogen) atoms. The first-order chi connectivity index (χ1) is 12.0. The topological polar surface area (TPSA) is 68.0 Å². The van der Waals surface area contributed by atoms with Crippen LogP contribution in [0.15, 0.2) is 48.1 Å². The smallest absolute Gasteiger partial charge is 0.355 e. The number of carboxylic acid groups (broad SMARTS) is 1. The minimum atomic E-state index is -1.12. The quantitative estimate of drug-likeness (QED) is 0.599. The van der Waals surface area contributed by atoms with Crippen LogP contribution in [0.5, 0.6) is 0 Å². The molecule has 0 aliphatic carbocycles. The molecule has 1 aromatic carbocycles. The number of benzene rings is 1. The molecule has 0 saturated heterocycles. The highest BCUT2D eigenvalue weighted by Gasteiger charge is 2.17. The third kappa shape index (κ3) is 2.56. The number of thiazole rings is 1. The van der Waals surface area contributed by atoms with Crippen molar-refractivity contribution in [3.63, 3.8) is 0 Å². The van der Waals surface area contributed by atoms with E-state index >= 15 is 0 Å². The molecule has 0 aliphatic heterocycles. The van der Waals surface area contributed by atoms with Crippen LogP contribution in [-0.4, -0.2) is 25.6 Å². The first kappa shape index (κ1) is 15.4. The molecule has 0 bridgehead atoms. The second-order valence-corrected chi connectivity index (χ2v) is 6.07. The lowest BCUT2D eigenvalue weighted by atomic mass is 10.1. The van der Waals surface area contributed by atoms with Crippen molar-refractivity contribution in [1.29, 1.82) is 0 Å². The number of nitrogens with zero attached hydrogens (tertiary/aromatic N) is 3. The molecule has 0 saturated carbocycles. The fourth-order valence-corrected chi connectivity index (χ4v) is 3.35. The summed E-state index contributed by atoms with van der Waals surface area (Å²) in [6.45, 7) is 0. The fourth-order valence-electron chi connectivity index (χ4n) is 2.57. The van der Waals surface area contributed by atoms with Gasteiger partial charge in [-0.25, -0.2) is 23.5 Å². The van der Waals surface area contributed by atoms with Crippen molar-refractivity contribution in [2.75, 3.05) is 0 Å². The number of hydrogen-bond acceptors (Lipinski definition) is 4. The number of carbonyl (C=O) groups is 1. The average Bonchev–Trinajstić information content (AvgIpc) is 3.22. The number of halogens is 2. The summed E-state index contributed by atoms with van der Waals surface area (Å²) in [5.41, 5.74) is 1.63. The highest BCUT2D eigenvalue weighted by Crippen LogP contribution is 2.33. The average molecular weight is 357 g/mol. The van der Waals surface area contributed by atoms with Gasteiger partial charge in [0, 0.05) is 28.7 Å². The van der Waals surface area contributed by atoms with Gasteiger partial charge in [-0.3, -0.25) is 4.57 Å². The molecule has 0 radical (unpaired) electrons. The van der Waals surface area contributed by atoms with Crippen LogP contribution in [-0.2, 0) is 0 Å². The van der Waals surface area contributed by atoms with Crippen molar-refractivity contribution in [2.24, 2.45) is 0 Å². The monoisotopic (exact) mass is 357 g/mol. The van der Waals surface area contributed by atoms with Gasteiger partial charge in [0.15, 0.2) is 22.5 Å². The molecule has 0 spiro atoms. The molecule has 3 heterocycles. The fraction of sp³-hybridized carbons (Fsp3) is 0. The summed E-state index contributed by atoms with van der Waals surface area (Å²) in [5.74, 6) is -2.98. The summed E-state index contributed by atoms with van der Waals surface area (Å²) in [6, 6.07) is 7.21. The lowest BCUT2D eigenvalue weighted by Gasteiger charge is -2.00. The van der Waals surface area contributed by atoms with E-state index in [9.17, 15) is 13.6 Å². The number of fused-ring (bicyclic) bond motifs is 1. The van der Waals surface area contributed by atoms with Crippen LogP contribution >= 0.6 is 11.3 Å². The van der Waals surface area contributed by atoms with Crippen LogP contribution in [0.4, 0.5) is 8.78 Å². The summed E-state index contributed by atoms with van der Waals surface area (Å²) >= 11 is 1.16. The first-order valence-electron chi connectivity index (χ1n) is 7.15. The van der Waals surface area contributed by atoms with Crippen molar-refractivity contribution in [1.82, 2.24) is 14.5 Å². The summed E-state index contributed by atoms with van der Waals surface area (Å²) in [5, 5.41) is 11.6. The third-order valence-corrected chi connectivity index (χ3v) is 4.55. The van der Waals surface area contributed by atoms with Crippen molar-refractivity contribution in [3.05, 3.63) is 65.4 Å². The van der Waals surface area contributed by atoms with E-state index in [0.29, 0.717) is 21.9 Å². The number of aromatic nitrogens is 3. The predicted octanol–water partition coefficient (Wildman–Crippen LogP) is 4.13. The Morgan fingerprint density at radius 2 is 2.04 bits per heavy atom. The molecule has 8 heteroatoms. The van der Waals surface area contributed by atoms with Crippen LogP contribution in [0.2, 0.25) is 0 Å². The summed E-state index contributed by atoms with van der Waals surface area (Å²) < 4.78 is 28.5. The van der Waals surface area contributed by atoms with Gasteiger partial charge < -0.3 is 5.11 Å². The van der Waals surface area contributed by atoms with Crippen LogP contribution in [0, 0.1) is 11.6 Å². The SMILES string of the molecule is O=C(O)c1csc(-n2cc(-c3ccc(F)c(F)c3)c3cccnc32)n1. The van der Waals surface area contributed by atoms with E-state index in [1.807, 2.05) is 0 Å². The second kappa shape index (κ2) is 5.75. The van der Waals surface area contributed by atoms with Crippen molar-refractivity contribution >= 4 is 28.3 Å².